The molecule has 0 saturated carbocycles. The summed E-state index contributed by atoms with van der Waals surface area (Å²) < 4.78 is 26.5. The largest absolute Gasteiger partial charge is 0.625 e. The van der Waals surface area contributed by atoms with E-state index < -0.39 is 9.84 Å². The van der Waals surface area contributed by atoms with E-state index in [4.69, 9.17) is 4.42 Å². The first-order valence-corrected chi connectivity index (χ1v) is 4.94. The highest BCUT2D eigenvalue weighted by Gasteiger charge is 2.11. The molecule has 0 aliphatic heterocycles. The minimum Gasteiger partial charge on any atom is -0.625 e. The van der Waals surface area contributed by atoms with Gasteiger partial charge in [0.05, 0.1) is 0 Å². The monoisotopic (exact) mass is 189 g/mol. The van der Waals surface area contributed by atoms with Crippen LogP contribution in [0.1, 0.15) is 5.76 Å². The summed E-state index contributed by atoms with van der Waals surface area (Å²) in [6, 6.07) is 2.68. The molecule has 0 radical (unpaired) electrons. The maximum Gasteiger partial charge on any atom is 0.218 e. The Kier molecular flexibility index (Phi) is 2.18. The minimum atomic E-state index is -3.32. The highest BCUT2D eigenvalue weighted by Crippen LogP contribution is 2.10. The molecule has 0 fully saturated rings. The van der Waals surface area contributed by atoms with Crippen LogP contribution in [0.15, 0.2) is 21.6 Å². The zero-order valence-corrected chi connectivity index (χ0v) is 7.09. The van der Waals surface area contributed by atoms with E-state index in [1.807, 2.05) is 0 Å². The van der Waals surface area contributed by atoms with Crippen molar-refractivity contribution in [3.05, 3.63) is 23.1 Å². The van der Waals surface area contributed by atoms with Crippen LogP contribution in [0.4, 0.5) is 0 Å². The average molecular weight is 189 g/mol. The van der Waals surface area contributed by atoms with Crippen molar-refractivity contribution in [2.75, 3.05) is 6.26 Å². The molecule has 12 heavy (non-hydrogen) atoms. The second-order valence-corrected chi connectivity index (χ2v) is 4.14. The molecule has 66 valence electrons. The number of hydrogen-bond donors (Lipinski definition) is 1. The number of nitrogens with one attached hydrogen (secondary N) is 1. The standard InChI is InChI=1S/C6H7NO4S/c1-12(9,10)6-3-2-5(11-6)4-7-8/h2-4,7H,1H3. The third-order valence-corrected chi connectivity index (χ3v) is 2.12. The van der Waals surface area contributed by atoms with Crippen LogP contribution in [0.3, 0.4) is 0 Å². The quantitative estimate of drug-likeness (QED) is 0.355. The Morgan fingerprint density at radius 2 is 2.25 bits per heavy atom. The Morgan fingerprint density at radius 3 is 2.67 bits per heavy atom. The van der Waals surface area contributed by atoms with Crippen LogP contribution in [0.2, 0.25) is 0 Å². The number of rotatable bonds is 2. The number of sulfone groups is 1. The molecule has 1 aromatic rings. The third kappa shape index (κ3) is 1.85. The molecule has 1 heterocycles. The van der Waals surface area contributed by atoms with Crippen molar-refractivity contribution in [1.29, 1.82) is 0 Å². The predicted molar refractivity (Wildman–Crippen MR) is 41.3 cm³/mol. The average Bonchev–Trinajstić information content (AvgIpc) is 2.35. The second-order valence-electron chi connectivity index (χ2n) is 2.19. The molecule has 1 rings (SSSR count). The van der Waals surface area contributed by atoms with E-state index in [-0.39, 0.29) is 10.9 Å². The van der Waals surface area contributed by atoms with Gasteiger partial charge in [-0.25, -0.2) is 13.6 Å². The van der Waals surface area contributed by atoms with Gasteiger partial charge in [-0.2, -0.15) is 0 Å². The van der Waals surface area contributed by atoms with E-state index in [9.17, 15) is 13.6 Å². The molecule has 1 aromatic heterocycles. The minimum absolute atomic E-state index is 0.149. The molecule has 0 spiro atoms. The summed E-state index contributed by atoms with van der Waals surface area (Å²) >= 11 is 0. The summed E-state index contributed by atoms with van der Waals surface area (Å²) in [4.78, 5) is 0. The van der Waals surface area contributed by atoms with Gasteiger partial charge >= 0.3 is 0 Å². The highest BCUT2D eigenvalue weighted by molar-refractivity contribution is 7.90. The normalized spacial score (nSPS) is 12.4. The van der Waals surface area contributed by atoms with Crippen molar-refractivity contribution in [3.8, 4) is 0 Å². The van der Waals surface area contributed by atoms with Crippen molar-refractivity contribution < 1.29 is 18.0 Å². The van der Waals surface area contributed by atoms with Crippen LogP contribution >= 0.6 is 0 Å². The zero-order valence-electron chi connectivity index (χ0n) is 6.27. The Bertz CT molecular complexity index is 389. The molecule has 0 aromatic carbocycles. The van der Waals surface area contributed by atoms with Gasteiger partial charge in [-0.1, -0.05) is 0 Å². The van der Waals surface area contributed by atoms with E-state index in [2.05, 4.69) is 0 Å². The smallest absolute Gasteiger partial charge is 0.218 e. The maximum atomic E-state index is 10.8. The first kappa shape index (κ1) is 8.79. The SMILES string of the molecule is CS(=O)(=O)c1ccc(C=[NH+][O-])o1. The molecule has 0 unspecified atom stereocenters. The fourth-order valence-electron chi connectivity index (χ4n) is 0.669. The van der Waals surface area contributed by atoms with E-state index in [0.717, 1.165) is 12.5 Å². The second kappa shape index (κ2) is 2.98. The van der Waals surface area contributed by atoms with Crippen molar-refractivity contribution in [2.24, 2.45) is 0 Å². The predicted octanol–water partition coefficient (Wildman–Crippen LogP) is -1.32. The molecule has 5 nitrogen and oxygen atoms in total. The molecular weight excluding hydrogens is 182 g/mol. The van der Waals surface area contributed by atoms with Gasteiger partial charge in [0.2, 0.25) is 21.1 Å². The first-order chi connectivity index (χ1) is 5.54. The van der Waals surface area contributed by atoms with Crippen molar-refractivity contribution in [1.82, 2.24) is 0 Å². The highest BCUT2D eigenvalue weighted by atomic mass is 32.2. The van der Waals surface area contributed by atoms with E-state index in [1.165, 1.54) is 17.3 Å². The van der Waals surface area contributed by atoms with Gasteiger partial charge in [-0.05, 0) is 12.1 Å². The summed E-state index contributed by atoms with van der Waals surface area (Å²) in [6.07, 6.45) is 2.05. The van der Waals surface area contributed by atoms with E-state index in [0.29, 0.717) is 0 Å². The molecule has 0 atom stereocenters. The molecular formula is C6H7NO4S. The summed E-state index contributed by atoms with van der Waals surface area (Å²) in [5.74, 6) is 0.186. The molecule has 6 heteroatoms. The molecule has 1 N–H and O–H groups in total. The van der Waals surface area contributed by atoms with Crippen LogP contribution in [-0.4, -0.2) is 20.9 Å². The van der Waals surface area contributed by atoms with Crippen LogP contribution in [0, 0.1) is 5.21 Å². The number of furan rings is 1. The molecule has 0 bridgehead atoms. The van der Waals surface area contributed by atoms with Crippen LogP contribution in [0.5, 0.6) is 0 Å². The molecule has 0 aliphatic carbocycles. The fraction of sp³-hybridized carbons (Fsp3) is 0.167. The summed E-state index contributed by atoms with van der Waals surface area (Å²) in [7, 11) is -3.32. The Labute approximate surface area is 69.2 Å². The van der Waals surface area contributed by atoms with Crippen molar-refractivity contribution >= 4 is 16.1 Å². The number of hydrogen-bond acceptors (Lipinski definition) is 4. The van der Waals surface area contributed by atoms with Gasteiger partial charge in [-0.3, -0.25) is 0 Å². The topological polar surface area (TPSA) is 84.3 Å². The van der Waals surface area contributed by atoms with Gasteiger partial charge < -0.3 is 9.62 Å². The molecule has 0 aliphatic rings. The van der Waals surface area contributed by atoms with E-state index >= 15 is 0 Å². The van der Waals surface area contributed by atoms with Gasteiger partial charge in [0.1, 0.15) is 0 Å². The van der Waals surface area contributed by atoms with Gasteiger partial charge in [0.25, 0.3) is 0 Å². The third-order valence-electron chi connectivity index (χ3n) is 1.17. The lowest BCUT2D eigenvalue weighted by Gasteiger charge is -1.87. The maximum absolute atomic E-state index is 10.8. The lowest BCUT2D eigenvalue weighted by molar-refractivity contribution is -0.367. The van der Waals surface area contributed by atoms with Gasteiger partial charge in [0, 0.05) is 6.26 Å². The lowest BCUT2D eigenvalue weighted by Crippen LogP contribution is -2.60. The van der Waals surface area contributed by atoms with Crippen LogP contribution < -0.4 is 5.16 Å². The summed E-state index contributed by atoms with van der Waals surface area (Å²) in [6.45, 7) is 0. The van der Waals surface area contributed by atoms with Crippen LogP contribution in [0.25, 0.3) is 0 Å². The first-order valence-electron chi connectivity index (χ1n) is 3.05. The fourth-order valence-corrected chi connectivity index (χ4v) is 1.23. The molecule has 0 amide bonds. The molecule has 0 saturated heterocycles. The van der Waals surface area contributed by atoms with Crippen LogP contribution in [-0.2, 0) is 9.84 Å². The summed E-state index contributed by atoms with van der Waals surface area (Å²) in [5.41, 5.74) is 0. The Balaban J connectivity index is 3.08. The van der Waals surface area contributed by atoms with Crippen molar-refractivity contribution in [3.63, 3.8) is 0 Å². The Hall–Kier alpha value is -1.30. The Morgan fingerprint density at radius 1 is 1.58 bits per heavy atom. The van der Waals surface area contributed by atoms with Gasteiger partial charge in [-0.15, -0.1) is 0 Å². The van der Waals surface area contributed by atoms with Crippen molar-refractivity contribution in [2.45, 2.75) is 5.09 Å². The summed E-state index contributed by atoms with van der Waals surface area (Å²) in [5, 5.41) is 11.2. The van der Waals surface area contributed by atoms with E-state index in [1.54, 1.807) is 0 Å². The zero-order chi connectivity index (χ0) is 9.19. The van der Waals surface area contributed by atoms with Gasteiger partial charge in [0.15, 0.2) is 5.76 Å². The lowest BCUT2D eigenvalue weighted by atomic mass is 10.5.